The largest absolute Gasteiger partial charge is 0.495 e. The molecule has 0 aliphatic rings. The van der Waals surface area contributed by atoms with Crippen LogP contribution in [0.25, 0.3) is 6.08 Å². The molecule has 0 saturated carbocycles. The van der Waals surface area contributed by atoms with Crippen LogP contribution in [0.1, 0.15) is 5.56 Å². The van der Waals surface area contributed by atoms with Crippen LogP contribution in [-0.4, -0.2) is 13.0 Å². The number of methoxy groups -OCH3 is 1. The van der Waals surface area contributed by atoms with Gasteiger partial charge in [-0.05, 0) is 35.9 Å². The second-order valence-electron chi connectivity index (χ2n) is 4.45. The molecule has 1 amide bonds. The van der Waals surface area contributed by atoms with Gasteiger partial charge in [0.15, 0.2) is 0 Å². The van der Waals surface area contributed by atoms with E-state index in [9.17, 15) is 13.6 Å². The summed E-state index contributed by atoms with van der Waals surface area (Å²) in [5.74, 6) is -1.55. The van der Waals surface area contributed by atoms with Crippen LogP contribution >= 0.6 is 0 Å². The summed E-state index contributed by atoms with van der Waals surface area (Å²) < 4.78 is 31.2. The molecule has 3 N–H and O–H groups in total. The fraction of sp³-hybridized carbons (Fsp3) is 0.0625. The number of nitrogen functional groups attached to an aromatic ring is 1. The molecule has 0 aliphatic heterocycles. The van der Waals surface area contributed by atoms with Crippen molar-refractivity contribution in [2.75, 3.05) is 18.2 Å². The lowest BCUT2D eigenvalue weighted by Crippen LogP contribution is -2.09. The summed E-state index contributed by atoms with van der Waals surface area (Å²) in [6.07, 6.45) is 2.75. The molecule has 0 heterocycles. The number of carbonyl (C=O) groups excluding carboxylic acids is 1. The predicted octanol–water partition coefficient (Wildman–Crippen LogP) is 3.21. The van der Waals surface area contributed by atoms with Gasteiger partial charge >= 0.3 is 0 Å². The van der Waals surface area contributed by atoms with Gasteiger partial charge in [-0.2, -0.15) is 0 Å². The van der Waals surface area contributed by atoms with Crippen molar-refractivity contribution in [1.82, 2.24) is 0 Å². The summed E-state index contributed by atoms with van der Waals surface area (Å²) in [5, 5.41) is 2.32. The minimum Gasteiger partial charge on any atom is -0.495 e. The van der Waals surface area contributed by atoms with Crippen molar-refractivity contribution in [3.63, 3.8) is 0 Å². The maximum atomic E-state index is 13.4. The second kappa shape index (κ2) is 6.71. The van der Waals surface area contributed by atoms with E-state index in [-0.39, 0.29) is 5.69 Å². The number of hydrogen-bond donors (Lipinski definition) is 2. The summed E-state index contributed by atoms with van der Waals surface area (Å²) in [6.45, 7) is 0. The molecule has 2 aromatic carbocycles. The van der Waals surface area contributed by atoms with Gasteiger partial charge in [-0.25, -0.2) is 8.78 Å². The molecule has 0 bridgehead atoms. The number of rotatable bonds is 4. The average molecular weight is 304 g/mol. The van der Waals surface area contributed by atoms with E-state index in [1.54, 1.807) is 18.2 Å². The van der Waals surface area contributed by atoms with E-state index in [4.69, 9.17) is 10.5 Å². The Hall–Kier alpha value is -2.89. The van der Waals surface area contributed by atoms with Gasteiger partial charge in [-0.15, -0.1) is 0 Å². The quantitative estimate of drug-likeness (QED) is 0.673. The summed E-state index contributed by atoms with van der Waals surface area (Å²) in [6, 6.07) is 7.95. The van der Waals surface area contributed by atoms with Crippen LogP contribution in [0.3, 0.4) is 0 Å². The number of nitrogens with two attached hydrogens (primary N) is 1. The summed E-state index contributed by atoms with van der Waals surface area (Å²) in [5.41, 5.74) is 6.79. The van der Waals surface area contributed by atoms with Crippen LogP contribution in [0.2, 0.25) is 0 Å². The minimum atomic E-state index is -0.838. The first-order valence-electron chi connectivity index (χ1n) is 6.37. The van der Waals surface area contributed by atoms with Crippen molar-refractivity contribution in [1.29, 1.82) is 0 Å². The molecule has 2 aromatic rings. The second-order valence-corrected chi connectivity index (χ2v) is 4.45. The van der Waals surface area contributed by atoms with Gasteiger partial charge in [0.25, 0.3) is 0 Å². The van der Waals surface area contributed by atoms with Crippen LogP contribution in [0.4, 0.5) is 20.2 Å². The number of amides is 1. The highest BCUT2D eigenvalue weighted by Crippen LogP contribution is 2.22. The highest BCUT2D eigenvalue weighted by atomic mass is 19.1. The molecule has 0 atom stereocenters. The highest BCUT2D eigenvalue weighted by Gasteiger charge is 2.06. The zero-order valence-corrected chi connectivity index (χ0v) is 11.8. The van der Waals surface area contributed by atoms with Gasteiger partial charge in [0, 0.05) is 12.1 Å². The zero-order chi connectivity index (χ0) is 16.1. The molecule has 0 unspecified atom stereocenters. The van der Waals surface area contributed by atoms with E-state index < -0.39 is 17.5 Å². The third-order valence-corrected chi connectivity index (χ3v) is 2.87. The van der Waals surface area contributed by atoms with Gasteiger partial charge in [0.05, 0.1) is 18.5 Å². The molecule has 0 aromatic heterocycles. The van der Waals surface area contributed by atoms with E-state index in [2.05, 4.69) is 5.32 Å². The lowest BCUT2D eigenvalue weighted by atomic mass is 10.1. The highest BCUT2D eigenvalue weighted by molar-refractivity contribution is 6.02. The fourth-order valence-corrected chi connectivity index (χ4v) is 1.79. The number of ether oxygens (including phenoxy) is 1. The first-order chi connectivity index (χ1) is 10.5. The first kappa shape index (κ1) is 15.5. The van der Waals surface area contributed by atoms with E-state index >= 15 is 0 Å². The van der Waals surface area contributed by atoms with E-state index in [1.807, 2.05) is 0 Å². The van der Waals surface area contributed by atoms with Crippen molar-refractivity contribution in [2.45, 2.75) is 0 Å². The number of carbonyl (C=O) groups is 1. The smallest absolute Gasteiger partial charge is 0.248 e. The standard InChI is InChI=1S/C16H14F2N2O2/c1-22-15-6-2-10(8-13(15)19)3-7-16(21)20-14-5-4-11(17)9-12(14)18/h2-9H,19H2,1H3,(H,20,21)/b7-3-. The number of hydrogen-bond acceptors (Lipinski definition) is 3. The van der Waals surface area contributed by atoms with Crippen LogP contribution in [-0.2, 0) is 4.79 Å². The molecule has 0 spiro atoms. The Labute approximate surface area is 126 Å². The lowest BCUT2D eigenvalue weighted by molar-refractivity contribution is -0.111. The fourth-order valence-electron chi connectivity index (χ4n) is 1.79. The topological polar surface area (TPSA) is 64.3 Å². The molecule has 0 radical (unpaired) electrons. The average Bonchev–Trinajstić information content (AvgIpc) is 2.48. The molecule has 0 saturated heterocycles. The molecular formula is C16H14F2N2O2. The minimum absolute atomic E-state index is 0.0923. The van der Waals surface area contributed by atoms with E-state index in [0.717, 1.165) is 12.1 Å². The van der Waals surface area contributed by atoms with Gasteiger partial charge < -0.3 is 15.8 Å². The van der Waals surface area contributed by atoms with Crippen molar-refractivity contribution in [3.8, 4) is 5.75 Å². The number of anilines is 2. The van der Waals surface area contributed by atoms with Gasteiger partial charge in [0.1, 0.15) is 17.4 Å². The molecule has 22 heavy (non-hydrogen) atoms. The SMILES string of the molecule is COc1ccc(/C=C\C(=O)Nc2ccc(F)cc2F)cc1N. The maximum absolute atomic E-state index is 13.4. The number of nitrogens with one attached hydrogen (secondary N) is 1. The Bertz CT molecular complexity index is 730. The third kappa shape index (κ3) is 3.82. The Morgan fingerprint density at radius 2 is 2.00 bits per heavy atom. The van der Waals surface area contributed by atoms with Crippen molar-refractivity contribution in [2.24, 2.45) is 0 Å². The zero-order valence-electron chi connectivity index (χ0n) is 11.8. The molecule has 2 rings (SSSR count). The molecule has 114 valence electrons. The predicted molar refractivity (Wildman–Crippen MR) is 81.4 cm³/mol. The Kier molecular flexibility index (Phi) is 4.73. The van der Waals surface area contributed by atoms with Crippen molar-refractivity contribution >= 4 is 23.4 Å². The van der Waals surface area contributed by atoms with Crippen molar-refractivity contribution in [3.05, 3.63) is 59.7 Å². The summed E-state index contributed by atoms with van der Waals surface area (Å²) >= 11 is 0. The maximum Gasteiger partial charge on any atom is 0.248 e. The molecule has 6 heteroatoms. The Morgan fingerprint density at radius 1 is 1.23 bits per heavy atom. The molecular weight excluding hydrogens is 290 g/mol. The molecule has 0 aliphatic carbocycles. The first-order valence-corrected chi connectivity index (χ1v) is 6.37. The van der Waals surface area contributed by atoms with Crippen LogP contribution in [0.15, 0.2) is 42.5 Å². The van der Waals surface area contributed by atoms with Crippen molar-refractivity contribution < 1.29 is 18.3 Å². The normalized spacial score (nSPS) is 10.7. The monoisotopic (exact) mass is 304 g/mol. The lowest BCUT2D eigenvalue weighted by Gasteiger charge is -2.05. The molecule has 4 nitrogen and oxygen atoms in total. The Morgan fingerprint density at radius 3 is 2.64 bits per heavy atom. The van der Waals surface area contributed by atoms with Gasteiger partial charge in [0.2, 0.25) is 5.91 Å². The Balaban J connectivity index is 2.06. The summed E-state index contributed by atoms with van der Waals surface area (Å²) in [4.78, 5) is 11.7. The van der Waals surface area contributed by atoms with Gasteiger partial charge in [-0.1, -0.05) is 6.07 Å². The third-order valence-electron chi connectivity index (χ3n) is 2.87. The number of halogens is 2. The van der Waals surface area contributed by atoms with Crippen LogP contribution in [0, 0.1) is 11.6 Å². The van der Waals surface area contributed by atoms with Crippen LogP contribution in [0.5, 0.6) is 5.75 Å². The van der Waals surface area contributed by atoms with E-state index in [1.165, 1.54) is 19.3 Å². The van der Waals surface area contributed by atoms with Gasteiger partial charge in [-0.3, -0.25) is 4.79 Å². The summed E-state index contributed by atoms with van der Waals surface area (Å²) in [7, 11) is 1.51. The number of benzene rings is 2. The molecule has 0 fully saturated rings. The van der Waals surface area contributed by atoms with E-state index in [0.29, 0.717) is 23.1 Å². The van der Waals surface area contributed by atoms with Crippen LogP contribution < -0.4 is 15.8 Å².